The SMILES string of the molecule is c1ccc(-c2cc(-c3ccccc3)cc([Si](c3ccccc3)(c3ccccc3)c3cccc4c3C3c5ccccc5C4c4cccc(-c5nc(-c6ccccc6[Si](c6ccccc6)(c6ccccc6)c6ccccc6)nc(-n6c7ccccc7c7ccccc76)n5)c43)c2)cc1. The Morgan fingerprint density at radius 1 is 0.242 bits per heavy atom. The molecule has 0 amide bonds. The molecule has 2 heterocycles. The minimum absolute atomic E-state index is 0.0806. The van der Waals surface area contributed by atoms with Gasteiger partial charge >= 0.3 is 0 Å². The number of nitrogens with zero attached hydrogens (tertiary/aromatic N) is 4. The molecule has 0 aliphatic heterocycles. The lowest BCUT2D eigenvalue weighted by Crippen LogP contribution is -2.75. The predicted octanol–water partition coefficient (Wildman–Crippen LogP) is 15.4. The zero-order valence-corrected chi connectivity index (χ0v) is 54.1. The maximum Gasteiger partial charge on any atom is 0.238 e. The molecule has 16 aromatic rings. The monoisotopic (exact) mass is 1240 g/mol. The van der Waals surface area contributed by atoms with Crippen LogP contribution in [0.4, 0.5) is 0 Å². The molecule has 0 fully saturated rings. The highest BCUT2D eigenvalue weighted by molar-refractivity contribution is 7.21. The summed E-state index contributed by atoms with van der Waals surface area (Å²) in [6.07, 6.45) is 0. The number of aromatic nitrogens is 4. The van der Waals surface area contributed by atoms with Crippen molar-refractivity contribution >= 4 is 79.4 Å². The molecule has 0 spiro atoms. The van der Waals surface area contributed by atoms with Gasteiger partial charge in [-0.1, -0.05) is 346 Å². The molecule has 0 saturated heterocycles. The third kappa shape index (κ3) is 8.90. The number of benzene rings is 14. The first kappa shape index (κ1) is 56.1. The Labute approximate surface area is 555 Å². The van der Waals surface area contributed by atoms with Gasteiger partial charge in [-0.3, -0.25) is 4.57 Å². The third-order valence-corrected chi connectivity index (χ3v) is 30.0. The third-order valence-electron chi connectivity index (χ3n) is 20.3. The molecule has 14 aromatic carbocycles. The molecular formula is C89H62N4Si2. The molecule has 3 aliphatic carbocycles. The lowest BCUT2D eigenvalue weighted by Gasteiger charge is -2.46. The summed E-state index contributed by atoms with van der Waals surface area (Å²) in [4.78, 5) is 17.7. The molecule has 4 nitrogen and oxygen atoms in total. The Bertz CT molecular complexity index is 5300. The van der Waals surface area contributed by atoms with Crippen LogP contribution < -0.4 is 41.5 Å². The Morgan fingerprint density at radius 3 is 1.11 bits per heavy atom. The van der Waals surface area contributed by atoms with Crippen molar-refractivity contribution in [2.45, 2.75) is 11.8 Å². The first-order chi connectivity index (χ1) is 47.2. The van der Waals surface area contributed by atoms with Gasteiger partial charge in [0.1, 0.15) is 0 Å². The van der Waals surface area contributed by atoms with Crippen LogP contribution >= 0.6 is 0 Å². The van der Waals surface area contributed by atoms with Crippen LogP contribution in [0.2, 0.25) is 0 Å². The fraction of sp³-hybridized carbons (Fsp3) is 0.0225. The topological polar surface area (TPSA) is 43.6 Å². The Kier molecular flexibility index (Phi) is 13.7. The van der Waals surface area contributed by atoms with Crippen molar-refractivity contribution in [3.05, 3.63) is 397 Å². The summed E-state index contributed by atoms with van der Waals surface area (Å²) in [6.45, 7) is 0. The Hall–Kier alpha value is -11.7. The highest BCUT2D eigenvalue weighted by atomic mass is 28.3. The molecule has 2 unspecified atom stereocenters. The molecular weight excluding hydrogens is 1180 g/mol. The van der Waals surface area contributed by atoms with Gasteiger partial charge < -0.3 is 0 Å². The van der Waals surface area contributed by atoms with Gasteiger partial charge in [0.2, 0.25) is 5.95 Å². The van der Waals surface area contributed by atoms with Gasteiger partial charge in [0, 0.05) is 33.7 Å². The molecule has 6 heteroatoms. The average molecular weight is 1240 g/mol. The lowest BCUT2D eigenvalue weighted by molar-refractivity contribution is 0.758. The maximum absolute atomic E-state index is 5.99. The van der Waals surface area contributed by atoms with E-state index in [2.05, 4.69) is 369 Å². The van der Waals surface area contributed by atoms with Gasteiger partial charge in [0.25, 0.3) is 0 Å². The second-order valence-corrected chi connectivity index (χ2v) is 32.7. The van der Waals surface area contributed by atoms with Crippen LogP contribution in [0.15, 0.2) is 364 Å². The van der Waals surface area contributed by atoms with Gasteiger partial charge in [0.15, 0.2) is 27.8 Å². The van der Waals surface area contributed by atoms with E-state index in [1.807, 2.05) is 0 Å². The zero-order valence-electron chi connectivity index (χ0n) is 52.1. The number of fused-ring (bicyclic) bond motifs is 3. The van der Waals surface area contributed by atoms with Gasteiger partial charge in [-0.25, -0.2) is 4.98 Å². The smallest absolute Gasteiger partial charge is 0.238 e. The lowest BCUT2D eigenvalue weighted by atomic mass is 9.60. The van der Waals surface area contributed by atoms with Crippen molar-refractivity contribution in [1.82, 2.24) is 19.5 Å². The van der Waals surface area contributed by atoms with Gasteiger partial charge in [-0.15, -0.1) is 0 Å². The van der Waals surface area contributed by atoms with E-state index in [1.165, 1.54) is 97.1 Å². The van der Waals surface area contributed by atoms with Crippen LogP contribution in [0.25, 0.3) is 72.8 Å². The van der Waals surface area contributed by atoms with Crippen molar-refractivity contribution in [3.8, 4) is 51.0 Å². The van der Waals surface area contributed by atoms with Crippen molar-refractivity contribution in [1.29, 1.82) is 0 Å². The van der Waals surface area contributed by atoms with Crippen LogP contribution in [-0.4, -0.2) is 35.7 Å². The van der Waals surface area contributed by atoms with E-state index in [9.17, 15) is 0 Å². The van der Waals surface area contributed by atoms with Crippen LogP contribution in [0.1, 0.15) is 45.2 Å². The van der Waals surface area contributed by atoms with Crippen LogP contribution in [0.3, 0.4) is 0 Å². The first-order valence-corrected chi connectivity index (χ1v) is 36.9. The summed E-state index contributed by atoms with van der Waals surface area (Å²) in [6, 6.07) is 136. The van der Waals surface area contributed by atoms with Crippen LogP contribution in [0.5, 0.6) is 0 Å². The second-order valence-electron chi connectivity index (χ2n) is 25.2. The highest BCUT2D eigenvalue weighted by Crippen LogP contribution is 2.57. The van der Waals surface area contributed by atoms with Crippen molar-refractivity contribution in [3.63, 3.8) is 0 Å². The summed E-state index contributed by atoms with van der Waals surface area (Å²) < 4.78 is 2.27. The fourth-order valence-electron chi connectivity index (χ4n) is 16.5. The first-order valence-electron chi connectivity index (χ1n) is 32.9. The standard InChI is InChI=1S/C89H62N4Si2/c1-8-32-61(33-9-1)63-58-64(62-34-10-2-11-35-62)60-70(59-63)95(68-42-18-6-19-43-68,69-44-20-7-21-45-69)82-57-31-52-77-83-73-48-22-23-49-74(73)86(85(77)82)84-76(83)51-30-53-78(84)88-90-87(91-89(92-88)93-79-54-27-24-46-71(79)72-47-25-28-55-80(72)93)75-50-26-29-56-81(75)94(65-36-12-3-13-37-65,66-38-14-4-15-39-66)67-40-16-5-17-41-67/h1-60,83,86H. The number of rotatable bonds is 13. The molecule has 19 rings (SSSR count). The number of para-hydroxylation sites is 2. The summed E-state index contributed by atoms with van der Waals surface area (Å²) >= 11 is 0. The molecule has 95 heavy (non-hydrogen) atoms. The summed E-state index contributed by atoms with van der Waals surface area (Å²) in [5.74, 6) is 1.52. The maximum atomic E-state index is 5.99. The molecule has 3 aliphatic rings. The number of hydrogen-bond donors (Lipinski definition) is 0. The van der Waals surface area contributed by atoms with Crippen molar-refractivity contribution in [2.75, 3.05) is 0 Å². The van der Waals surface area contributed by atoms with Gasteiger partial charge in [0.05, 0.1) is 11.0 Å². The Balaban J connectivity index is 0.938. The van der Waals surface area contributed by atoms with E-state index in [0.717, 1.165) is 32.9 Å². The molecule has 2 atom stereocenters. The Morgan fingerprint density at radius 2 is 0.600 bits per heavy atom. The van der Waals surface area contributed by atoms with E-state index in [0.29, 0.717) is 17.6 Å². The minimum atomic E-state index is -3.38. The van der Waals surface area contributed by atoms with E-state index in [-0.39, 0.29) is 11.8 Å². The van der Waals surface area contributed by atoms with Crippen LogP contribution in [0, 0.1) is 0 Å². The molecule has 446 valence electrons. The van der Waals surface area contributed by atoms with E-state index in [1.54, 1.807) is 0 Å². The van der Waals surface area contributed by atoms with Gasteiger partial charge in [-0.2, -0.15) is 9.97 Å². The van der Waals surface area contributed by atoms with Crippen molar-refractivity contribution < 1.29 is 0 Å². The van der Waals surface area contributed by atoms with E-state index >= 15 is 0 Å². The molecule has 0 saturated carbocycles. The normalized spacial score (nSPS) is 13.9. The fourth-order valence-corrected chi connectivity index (χ4v) is 26.5. The van der Waals surface area contributed by atoms with Gasteiger partial charge in [-0.05, 0) is 115 Å². The molecule has 0 N–H and O–H groups in total. The quantitative estimate of drug-likeness (QED) is 0.0853. The minimum Gasteiger partial charge on any atom is -0.278 e. The van der Waals surface area contributed by atoms with Crippen molar-refractivity contribution in [2.24, 2.45) is 0 Å². The molecule has 0 radical (unpaired) electrons. The zero-order chi connectivity index (χ0) is 62.9. The summed E-state index contributed by atoms with van der Waals surface area (Å²) in [5.41, 5.74) is 16.7. The molecule has 2 bridgehead atoms. The summed E-state index contributed by atoms with van der Waals surface area (Å²) in [5, 5.41) is 12.7. The number of hydrogen-bond acceptors (Lipinski definition) is 3. The second kappa shape index (κ2) is 23.2. The highest BCUT2D eigenvalue weighted by Gasteiger charge is 2.51. The van der Waals surface area contributed by atoms with Crippen LogP contribution in [-0.2, 0) is 0 Å². The average Bonchev–Trinajstić information content (AvgIpc) is 1.29. The van der Waals surface area contributed by atoms with E-state index < -0.39 is 16.1 Å². The largest absolute Gasteiger partial charge is 0.278 e. The van der Waals surface area contributed by atoms with E-state index in [4.69, 9.17) is 15.0 Å². The summed E-state index contributed by atoms with van der Waals surface area (Å²) in [7, 11) is -6.55. The molecule has 2 aromatic heterocycles. The predicted molar refractivity (Wildman–Crippen MR) is 398 cm³/mol.